The second-order valence-corrected chi connectivity index (χ2v) is 5.88. The first-order chi connectivity index (χ1) is 8.46. The van der Waals surface area contributed by atoms with Crippen LogP contribution in [0.5, 0.6) is 0 Å². The third kappa shape index (κ3) is 2.22. The second kappa shape index (κ2) is 4.85. The molecule has 6 heteroatoms. The fraction of sp³-hybridized carbons (Fsp3) is 0.667. The van der Waals surface area contributed by atoms with E-state index in [1.54, 1.807) is 6.92 Å². The fourth-order valence-electron chi connectivity index (χ4n) is 2.35. The maximum atomic E-state index is 11.2. The molecule has 1 aliphatic rings. The number of anilines is 1. The number of nitrogens with zero attached hydrogens (tertiary/aromatic N) is 2. The Bertz CT molecular complexity index is 452. The van der Waals surface area contributed by atoms with Crippen LogP contribution in [0.3, 0.4) is 0 Å². The van der Waals surface area contributed by atoms with Gasteiger partial charge in [-0.3, -0.25) is 0 Å². The molecule has 1 saturated carbocycles. The Kier molecular flexibility index (Phi) is 3.59. The summed E-state index contributed by atoms with van der Waals surface area (Å²) in [5.41, 5.74) is 1.07. The summed E-state index contributed by atoms with van der Waals surface area (Å²) >= 11 is 1.23. The maximum absolute atomic E-state index is 11.2. The van der Waals surface area contributed by atoms with Crippen LogP contribution in [-0.4, -0.2) is 46.5 Å². The van der Waals surface area contributed by atoms with Gasteiger partial charge in [0.15, 0.2) is 0 Å². The van der Waals surface area contributed by atoms with E-state index in [1.165, 1.54) is 18.0 Å². The fourth-order valence-corrected chi connectivity index (χ4v) is 3.14. The van der Waals surface area contributed by atoms with Crippen molar-refractivity contribution in [3.05, 3.63) is 11.3 Å². The number of aromatic nitrogens is 1. The Balaban J connectivity index is 2.09. The molecule has 1 aliphatic carbocycles. The second-order valence-electron chi connectivity index (χ2n) is 5.10. The molecule has 0 atom stereocenters. The van der Waals surface area contributed by atoms with Crippen molar-refractivity contribution in [2.45, 2.75) is 31.7 Å². The lowest BCUT2D eigenvalue weighted by Crippen LogP contribution is -2.54. The van der Waals surface area contributed by atoms with Gasteiger partial charge in [-0.2, -0.15) is 4.37 Å². The summed E-state index contributed by atoms with van der Waals surface area (Å²) in [6, 6.07) is 0. The van der Waals surface area contributed by atoms with Crippen molar-refractivity contribution in [3.8, 4) is 0 Å². The molecule has 2 N–H and O–H groups in total. The molecule has 5 nitrogen and oxygen atoms in total. The van der Waals surface area contributed by atoms with Gasteiger partial charge in [0, 0.05) is 12.1 Å². The minimum atomic E-state index is -0.906. The molecule has 0 aliphatic heterocycles. The average molecular weight is 269 g/mol. The molecule has 0 spiro atoms. The van der Waals surface area contributed by atoms with Gasteiger partial charge in [0.25, 0.3) is 0 Å². The van der Waals surface area contributed by atoms with Gasteiger partial charge in [-0.15, -0.1) is 0 Å². The van der Waals surface area contributed by atoms with Crippen molar-refractivity contribution in [2.75, 3.05) is 26.0 Å². The molecule has 1 heterocycles. The van der Waals surface area contributed by atoms with Crippen molar-refractivity contribution in [2.24, 2.45) is 0 Å². The van der Waals surface area contributed by atoms with Gasteiger partial charge in [-0.1, -0.05) is 0 Å². The van der Waals surface area contributed by atoms with Crippen molar-refractivity contribution >= 4 is 22.5 Å². The van der Waals surface area contributed by atoms with E-state index in [9.17, 15) is 4.79 Å². The lowest BCUT2D eigenvalue weighted by atomic mass is 9.75. The van der Waals surface area contributed by atoms with E-state index in [0.29, 0.717) is 16.3 Å². The summed E-state index contributed by atoms with van der Waals surface area (Å²) in [5.74, 6) is -0.906. The standard InChI is InChI=1S/C12H19N3O2S/c1-8-9(11(16)17)10(18-14-8)13-7-12(15(2)3)5-4-6-12/h13H,4-7H2,1-3H3,(H,16,17). The third-order valence-electron chi connectivity index (χ3n) is 3.89. The van der Waals surface area contributed by atoms with Gasteiger partial charge in [0.2, 0.25) is 0 Å². The van der Waals surface area contributed by atoms with Crippen LogP contribution >= 0.6 is 11.5 Å². The first-order valence-corrected chi connectivity index (χ1v) is 6.84. The summed E-state index contributed by atoms with van der Waals surface area (Å²) < 4.78 is 4.11. The van der Waals surface area contributed by atoms with Crippen LogP contribution in [0.15, 0.2) is 0 Å². The molecule has 0 unspecified atom stereocenters. The lowest BCUT2D eigenvalue weighted by Gasteiger charge is -2.47. The highest BCUT2D eigenvalue weighted by Crippen LogP contribution is 2.37. The van der Waals surface area contributed by atoms with E-state index in [-0.39, 0.29) is 5.54 Å². The number of aromatic carboxylic acids is 1. The monoisotopic (exact) mass is 269 g/mol. The SMILES string of the molecule is Cc1nsc(NCC2(N(C)C)CCC2)c1C(=O)O. The minimum Gasteiger partial charge on any atom is -0.478 e. The Labute approximate surface area is 111 Å². The molecule has 1 aromatic heterocycles. The van der Waals surface area contributed by atoms with E-state index in [1.807, 2.05) is 0 Å². The van der Waals surface area contributed by atoms with E-state index >= 15 is 0 Å². The van der Waals surface area contributed by atoms with Crippen molar-refractivity contribution in [3.63, 3.8) is 0 Å². The molecule has 0 amide bonds. The van der Waals surface area contributed by atoms with Crippen LogP contribution in [0.1, 0.15) is 35.3 Å². The van der Waals surface area contributed by atoms with Gasteiger partial charge < -0.3 is 15.3 Å². The van der Waals surface area contributed by atoms with Crippen LogP contribution < -0.4 is 5.32 Å². The number of carbonyl (C=O) groups is 1. The number of hydrogen-bond acceptors (Lipinski definition) is 5. The largest absolute Gasteiger partial charge is 0.478 e. The highest BCUT2D eigenvalue weighted by atomic mass is 32.1. The minimum absolute atomic E-state index is 0.174. The molecule has 100 valence electrons. The molecule has 0 aromatic carbocycles. The van der Waals surface area contributed by atoms with Crippen LogP contribution in [0.25, 0.3) is 0 Å². The topological polar surface area (TPSA) is 65.5 Å². The first kappa shape index (κ1) is 13.3. The van der Waals surface area contributed by atoms with Crippen LogP contribution in [0.4, 0.5) is 5.00 Å². The van der Waals surface area contributed by atoms with Crippen molar-refractivity contribution in [1.82, 2.24) is 9.27 Å². The highest BCUT2D eigenvalue weighted by molar-refractivity contribution is 7.10. The molecular formula is C12H19N3O2S. The van der Waals surface area contributed by atoms with Gasteiger partial charge in [-0.25, -0.2) is 4.79 Å². The molecule has 18 heavy (non-hydrogen) atoms. The number of nitrogens with one attached hydrogen (secondary N) is 1. The predicted octanol–water partition coefficient (Wildman–Crippen LogP) is 2.05. The molecular weight excluding hydrogens is 250 g/mol. The van der Waals surface area contributed by atoms with Crippen LogP contribution in [0.2, 0.25) is 0 Å². The zero-order chi connectivity index (χ0) is 13.3. The normalized spacial score (nSPS) is 17.6. The van der Waals surface area contributed by atoms with Gasteiger partial charge >= 0.3 is 5.97 Å². The van der Waals surface area contributed by atoms with Crippen LogP contribution in [0, 0.1) is 6.92 Å². The summed E-state index contributed by atoms with van der Waals surface area (Å²) in [6.45, 7) is 2.51. The Morgan fingerprint density at radius 3 is 2.67 bits per heavy atom. The lowest BCUT2D eigenvalue weighted by molar-refractivity contribution is 0.0693. The Morgan fingerprint density at radius 1 is 1.56 bits per heavy atom. The molecule has 2 rings (SSSR count). The Hall–Kier alpha value is -1.14. The third-order valence-corrected chi connectivity index (χ3v) is 4.78. The van der Waals surface area contributed by atoms with Gasteiger partial charge in [0.1, 0.15) is 10.6 Å². The molecule has 0 radical (unpaired) electrons. The number of aryl methyl sites for hydroxylation is 1. The van der Waals surface area contributed by atoms with Gasteiger partial charge in [-0.05, 0) is 51.8 Å². The van der Waals surface area contributed by atoms with Crippen LogP contribution in [-0.2, 0) is 0 Å². The molecule has 1 fully saturated rings. The number of carboxylic acid groups (broad SMARTS) is 1. The number of carboxylic acids is 1. The van der Waals surface area contributed by atoms with Crippen molar-refractivity contribution in [1.29, 1.82) is 0 Å². The predicted molar refractivity (Wildman–Crippen MR) is 72.6 cm³/mol. The van der Waals surface area contributed by atoms with E-state index < -0.39 is 5.97 Å². The van der Waals surface area contributed by atoms with E-state index in [0.717, 1.165) is 19.4 Å². The highest BCUT2D eigenvalue weighted by Gasteiger charge is 2.39. The zero-order valence-electron chi connectivity index (χ0n) is 11.0. The number of likely N-dealkylation sites (N-methyl/N-ethyl adjacent to an activating group) is 1. The van der Waals surface area contributed by atoms with E-state index in [2.05, 4.69) is 28.7 Å². The molecule has 1 aromatic rings. The smallest absolute Gasteiger partial charge is 0.340 e. The summed E-state index contributed by atoms with van der Waals surface area (Å²) in [6.07, 6.45) is 3.56. The molecule has 0 saturated heterocycles. The summed E-state index contributed by atoms with van der Waals surface area (Å²) in [5, 5.41) is 13.1. The first-order valence-electron chi connectivity index (χ1n) is 6.07. The summed E-state index contributed by atoms with van der Waals surface area (Å²) in [7, 11) is 4.16. The Morgan fingerprint density at radius 2 is 2.22 bits per heavy atom. The van der Waals surface area contributed by atoms with Crippen molar-refractivity contribution < 1.29 is 9.90 Å². The molecule has 0 bridgehead atoms. The number of hydrogen-bond donors (Lipinski definition) is 2. The van der Waals surface area contributed by atoms with E-state index in [4.69, 9.17) is 5.11 Å². The summed E-state index contributed by atoms with van der Waals surface area (Å²) in [4.78, 5) is 13.4. The zero-order valence-corrected chi connectivity index (χ0v) is 11.8. The number of rotatable bonds is 5. The average Bonchev–Trinajstić information content (AvgIpc) is 2.57. The van der Waals surface area contributed by atoms with Gasteiger partial charge in [0.05, 0.1) is 5.69 Å². The maximum Gasteiger partial charge on any atom is 0.340 e. The quantitative estimate of drug-likeness (QED) is 0.856.